The molecule has 3 nitrogen and oxygen atoms in total. The Kier molecular flexibility index (Phi) is 4.01. The third-order valence-corrected chi connectivity index (χ3v) is 3.31. The number of aryl methyl sites for hydroxylation is 1. The summed E-state index contributed by atoms with van der Waals surface area (Å²) >= 11 is 0. The van der Waals surface area contributed by atoms with Crippen LogP contribution in [0.1, 0.15) is 28.2 Å². The number of aromatic nitrogens is 3. The van der Waals surface area contributed by atoms with E-state index in [0.29, 0.717) is 0 Å². The molecule has 0 bridgehead atoms. The Balaban J connectivity index is 1.83. The van der Waals surface area contributed by atoms with Gasteiger partial charge in [0.15, 0.2) is 0 Å². The molecule has 104 valence electrons. The molecule has 0 aliphatic heterocycles. The lowest BCUT2D eigenvalue weighted by molar-refractivity contribution is 0.992. The first-order chi connectivity index (χ1) is 10.3. The molecule has 0 aliphatic rings. The Bertz CT molecular complexity index is 649. The van der Waals surface area contributed by atoms with Gasteiger partial charge in [-0.1, -0.05) is 6.07 Å². The molecule has 0 fully saturated rings. The first kappa shape index (κ1) is 13.4. The van der Waals surface area contributed by atoms with Crippen molar-refractivity contribution in [1.82, 2.24) is 15.0 Å². The fraction of sp³-hybridized carbons (Fsp3) is 0.167. The molecule has 0 unspecified atom stereocenters. The van der Waals surface area contributed by atoms with Crippen LogP contribution in [-0.2, 0) is 12.8 Å². The van der Waals surface area contributed by atoms with Crippen molar-refractivity contribution in [3.8, 4) is 0 Å². The molecule has 0 N–H and O–H groups in total. The lowest BCUT2D eigenvalue weighted by Gasteiger charge is -2.07. The Labute approximate surface area is 124 Å². The van der Waals surface area contributed by atoms with Crippen molar-refractivity contribution < 1.29 is 0 Å². The largest absolute Gasteiger partial charge is 0.265 e. The summed E-state index contributed by atoms with van der Waals surface area (Å²) in [6.07, 6.45) is 7.15. The second kappa shape index (κ2) is 6.27. The third kappa shape index (κ3) is 3.72. The molecule has 0 saturated heterocycles. The number of hydrogen-bond donors (Lipinski definition) is 0. The molecule has 3 aromatic rings. The van der Waals surface area contributed by atoms with Crippen LogP contribution in [0.2, 0.25) is 0 Å². The monoisotopic (exact) mass is 275 g/mol. The van der Waals surface area contributed by atoms with Gasteiger partial charge in [0.1, 0.15) is 0 Å². The maximum Gasteiger partial charge on any atom is 0.0453 e. The van der Waals surface area contributed by atoms with Gasteiger partial charge in [0.2, 0.25) is 0 Å². The first-order valence-corrected chi connectivity index (χ1v) is 7.05. The predicted octanol–water partition coefficient (Wildman–Crippen LogP) is 3.36. The predicted molar refractivity (Wildman–Crippen MR) is 83.1 cm³/mol. The van der Waals surface area contributed by atoms with Crippen molar-refractivity contribution in [3.05, 3.63) is 89.3 Å². The van der Waals surface area contributed by atoms with Gasteiger partial charge in [-0.15, -0.1) is 0 Å². The fourth-order valence-electron chi connectivity index (χ4n) is 2.43. The van der Waals surface area contributed by atoms with Crippen LogP contribution >= 0.6 is 0 Å². The van der Waals surface area contributed by atoms with E-state index in [1.165, 1.54) is 11.1 Å². The van der Waals surface area contributed by atoms with E-state index in [-0.39, 0.29) is 0 Å². The SMILES string of the molecule is Cc1cc(Cc2ccccn2)cc(Cc2ccncc2)n1. The summed E-state index contributed by atoms with van der Waals surface area (Å²) in [4.78, 5) is 13.1. The van der Waals surface area contributed by atoms with Crippen LogP contribution < -0.4 is 0 Å². The van der Waals surface area contributed by atoms with Crippen LogP contribution in [0.5, 0.6) is 0 Å². The molecule has 0 aromatic carbocycles. The van der Waals surface area contributed by atoms with E-state index in [1.54, 1.807) is 0 Å². The van der Waals surface area contributed by atoms with Gasteiger partial charge in [0, 0.05) is 48.5 Å². The molecule has 0 radical (unpaired) electrons. The fourth-order valence-corrected chi connectivity index (χ4v) is 2.43. The molecule has 3 heterocycles. The Morgan fingerprint density at radius 3 is 2.38 bits per heavy atom. The summed E-state index contributed by atoms with van der Waals surface area (Å²) in [5.74, 6) is 0. The van der Waals surface area contributed by atoms with Crippen molar-refractivity contribution in [2.45, 2.75) is 19.8 Å². The molecule has 0 amide bonds. The second-order valence-electron chi connectivity index (χ2n) is 5.14. The van der Waals surface area contributed by atoms with Gasteiger partial charge < -0.3 is 0 Å². The highest BCUT2D eigenvalue weighted by Crippen LogP contribution is 2.13. The van der Waals surface area contributed by atoms with Crippen molar-refractivity contribution >= 4 is 0 Å². The highest BCUT2D eigenvalue weighted by atomic mass is 14.7. The molecule has 0 spiro atoms. The van der Waals surface area contributed by atoms with E-state index in [4.69, 9.17) is 0 Å². The van der Waals surface area contributed by atoms with Crippen molar-refractivity contribution in [2.24, 2.45) is 0 Å². The van der Waals surface area contributed by atoms with Crippen molar-refractivity contribution in [2.75, 3.05) is 0 Å². The minimum Gasteiger partial charge on any atom is -0.265 e. The average Bonchev–Trinajstić information content (AvgIpc) is 2.48. The van der Waals surface area contributed by atoms with Crippen LogP contribution in [0.4, 0.5) is 0 Å². The molecule has 0 saturated carbocycles. The minimum atomic E-state index is 0.833. The molecule has 0 aliphatic carbocycles. The Hall–Kier alpha value is -2.55. The highest BCUT2D eigenvalue weighted by Gasteiger charge is 2.04. The lowest BCUT2D eigenvalue weighted by atomic mass is 10.0. The summed E-state index contributed by atoms with van der Waals surface area (Å²) in [6, 6.07) is 14.4. The van der Waals surface area contributed by atoms with Crippen LogP contribution in [0.25, 0.3) is 0 Å². The molecule has 21 heavy (non-hydrogen) atoms. The molecular formula is C18H17N3. The van der Waals surface area contributed by atoms with E-state index < -0.39 is 0 Å². The molecule has 3 aromatic heterocycles. The number of nitrogens with zero attached hydrogens (tertiary/aromatic N) is 3. The summed E-state index contributed by atoms with van der Waals surface area (Å²) in [7, 11) is 0. The third-order valence-electron chi connectivity index (χ3n) is 3.31. The van der Waals surface area contributed by atoms with E-state index in [1.807, 2.05) is 49.8 Å². The van der Waals surface area contributed by atoms with Gasteiger partial charge in [-0.25, -0.2) is 0 Å². The maximum absolute atomic E-state index is 4.63. The molecule has 3 rings (SSSR count). The van der Waals surface area contributed by atoms with Crippen LogP contribution in [0.3, 0.4) is 0 Å². The summed E-state index contributed by atoms with van der Waals surface area (Å²) < 4.78 is 0. The standard InChI is InChI=1S/C18H17N3/c1-14-10-16(12-17-4-2-3-7-20-17)13-18(21-14)11-15-5-8-19-9-6-15/h2-10,13H,11-12H2,1H3. The zero-order valence-corrected chi connectivity index (χ0v) is 12.0. The van der Waals surface area contributed by atoms with Crippen molar-refractivity contribution in [3.63, 3.8) is 0 Å². The second-order valence-corrected chi connectivity index (χ2v) is 5.14. The topological polar surface area (TPSA) is 38.7 Å². The number of hydrogen-bond acceptors (Lipinski definition) is 3. The quantitative estimate of drug-likeness (QED) is 0.733. The van der Waals surface area contributed by atoms with Crippen LogP contribution in [0, 0.1) is 6.92 Å². The Morgan fingerprint density at radius 2 is 1.62 bits per heavy atom. The van der Waals surface area contributed by atoms with Gasteiger partial charge >= 0.3 is 0 Å². The van der Waals surface area contributed by atoms with E-state index in [0.717, 1.165) is 29.9 Å². The van der Waals surface area contributed by atoms with E-state index >= 15 is 0 Å². The van der Waals surface area contributed by atoms with Gasteiger partial charge in [0.25, 0.3) is 0 Å². The average molecular weight is 275 g/mol. The smallest absolute Gasteiger partial charge is 0.0453 e. The molecular weight excluding hydrogens is 258 g/mol. The summed E-state index contributed by atoms with van der Waals surface area (Å²) in [6.45, 7) is 2.04. The van der Waals surface area contributed by atoms with E-state index in [2.05, 4.69) is 33.2 Å². The van der Waals surface area contributed by atoms with E-state index in [9.17, 15) is 0 Å². The summed E-state index contributed by atoms with van der Waals surface area (Å²) in [5, 5.41) is 0. The zero-order chi connectivity index (χ0) is 14.5. The zero-order valence-electron chi connectivity index (χ0n) is 12.0. The van der Waals surface area contributed by atoms with Gasteiger partial charge in [-0.05, 0) is 54.4 Å². The maximum atomic E-state index is 4.63. The Morgan fingerprint density at radius 1 is 0.810 bits per heavy atom. The number of rotatable bonds is 4. The minimum absolute atomic E-state index is 0.833. The van der Waals surface area contributed by atoms with Crippen LogP contribution in [0.15, 0.2) is 61.1 Å². The normalized spacial score (nSPS) is 10.5. The van der Waals surface area contributed by atoms with Crippen LogP contribution in [-0.4, -0.2) is 15.0 Å². The molecule has 3 heteroatoms. The summed E-state index contributed by atoms with van der Waals surface area (Å²) in [5.41, 5.74) is 5.70. The van der Waals surface area contributed by atoms with Gasteiger partial charge in [-0.3, -0.25) is 15.0 Å². The lowest BCUT2D eigenvalue weighted by Crippen LogP contribution is -1.99. The van der Waals surface area contributed by atoms with Crippen molar-refractivity contribution in [1.29, 1.82) is 0 Å². The first-order valence-electron chi connectivity index (χ1n) is 7.05. The van der Waals surface area contributed by atoms with Gasteiger partial charge in [-0.2, -0.15) is 0 Å². The van der Waals surface area contributed by atoms with Gasteiger partial charge in [0.05, 0.1) is 0 Å². The highest BCUT2D eigenvalue weighted by molar-refractivity contribution is 5.28. The number of pyridine rings is 3. The molecule has 0 atom stereocenters.